The molecule has 0 saturated carbocycles. The molecule has 0 N–H and O–H groups in total. The van der Waals surface area contributed by atoms with E-state index in [1.165, 1.54) is 11.3 Å². The number of fused-ring (bicyclic) bond motifs is 2. The number of halogens is 1. The number of amides is 1. The molecule has 3 aromatic heterocycles. The van der Waals surface area contributed by atoms with Gasteiger partial charge in [-0.15, -0.1) is 0 Å². The van der Waals surface area contributed by atoms with E-state index in [0.29, 0.717) is 46.7 Å². The maximum Gasteiger partial charge on any atom is 0.295 e. The van der Waals surface area contributed by atoms with Crippen molar-refractivity contribution in [2.75, 3.05) is 18.1 Å². The van der Waals surface area contributed by atoms with Crippen molar-refractivity contribution < 1.29 is 13.9 Å². The Morgan fingerprint density at radius 3 is 2.91 bits per heavy atom. The number of anilines is 1. The van der Waals surface area contributed by atoms with Gasteiger partial charge in [0, 0.05) is 24.3 Å². The lowest BCUT2D eigenvalue weighted by atomic mass is 10.2. The summed E-state index contributed by atoms with van der Waals surface area (Å²) in [6, 6.07) is 14.8. The average Bonchev–Trinajstić information content (AvgIpc) is 3.54. The summed E-state index contributed by atoms with van der Waals surface area (Å²) in [6.45, 7) is 3.29. The first-order chi connectivity index (χ1) is 15.6. The smallest absolute Gasteiger partial charge is 0.295 e. The number of ether oxygens (including phenoxy) is 1. The first-order valence-electron chi connectivity index (χ1n) is 10.1. The van der Waals surface area contributed by atoms with Crippen LogP contribution in [0.2, 0.25) is 5.02 Å². The van der Waals surface area contributed by atoms with Crippen LogP contribution >= 0.6 is 22.9 Å². The second kappa shape index (κ2) is 8.64. The summed E-state index contributed by atoms with van der Waals surface area (Å²) in [5, 5.41) is 6.14. The van der Waals surface area contributed by atoms with E-state index in [1.54, 1.807) is 27.9 Å². The molecule has 0 bridgehead atoms. The van der Waals surface area contributed by atoms with Gasteiger partial charge in [0.2, 0.25) is 0 Å². The molecule has 0 fully saturated rings. The van der Waals surface area contributed by atoms with Gasteiger partial charge in [-0.1, -0.05) is 41.1 Å². The minimum absolute atomic E-state index is 0.220. The molecule has 5 aromatic rings. The van der Waals surface area contributed by atoms with Gasteiger partial charge < -0.3 is 9.15 Å². The molecule has 9 heteroatoms. The third-order valence-electron chi connectivity index (χ3n) is 4.97. The van der Waals surface area contributed by atoms with E-state index in [9.17, 15) is 4.79 Å². The van der Waals surface area contributed by atoms with Gasteiger partial charge in [0.25, 0.3) is 5.91 Å². The number of thiazole rings is 1. The van der Waals surface area contributed by atoms with Crippen LogP contribution in [0, 0.1) is 0 Å². The van der Waals surface area contributed by atoms with Crippen molar-refractivity contribution >= 4 is 55.2 Å². The maximum atomic E-state index is 13.6. The number of aromatic nitrogens is 3. The molecule has 5 rings (SSSR count). The van der Waals surface area contributed by atoms with Gasteiger partial charge in [-0.2, -0.15) is 5.10 Å². The summed E-state index contributed by atoms with van der Waals surface area (Å²) in [4.78, 5) is 19.9. The van der Waals surface area contributed by atoms with Gasteiger partial charge in [-0.25, -0.2) is 4.98 Å². The third-order valence-corrected chi connectivity index (χ3v) is 6.31. The molecule has 3 heterocycles. The van der Waals surface area contributed by atoms with Crippen LogP contribution in [0.4, 0.5) is 5.13 Å². The SMILES string of the molecule is CCOc1cccc2cc(C(=O)N(CCn3cccn3)c3nc4c(Cl)cccc4s3)oc12. The van der Waals surface area contributed by atoms with Crippen LogP contribution in [0.25, 0.3) is 21.2 Å². The Labute approximate surface area is 192 Å². The minimum atomic E-state index is -0.286. The van der Waals surface area contributed by atoms with Gasteiger partial charge in [0.05, 0.1) is 22.9 Å². The first-order valence-corrected chi connectivity index (χ1v) is 11.3. The van der Waals surface area contributed by atoms with Crippen molar-refractivity contribution in [1.29, 1.82) is 0 Å². The van der Waals surface area contributed by atoms with Crippen LogP contribution in [0.5, 0.6) is 5.75 Å². The van der Waals surface area contributed by atoms with E-state index < -0.39 is 0 Å². The highest BCUT2D eigenvalue weighted by atomic mass is 35.5. The van der Waals surface area contributed by atoms with E-state index in [1.807, 2.05) is 49.5 Å². The monoisotopic (exact) mass is 466 g/mol. The topological polar surface area (TPSA) is 73.4 Å². The van der Waals surface area contributed by atoms with Crippen molar-refractivity contribution in [3.05, 3.63) is 71.7 Å². The predicted octanol–water partition coefficient (Wildman–Crippen LogP) is 5.64. The van der Waals surface area contributed by atoms with Crippen LogP contribution in [0.3, 0.4) is 0 Å². The number of hydrogen-bond acceptors (Lipinski definition) is 6. The predicted molar refractivity (Wildman–Crippen MR) is 126 cm³/mol. The van der Waals surface area contributed by atoms with Crippen LogP contribution in [0.1, 0.15) is 17.5 Å². The lowest BCUT2D eigenvalue weighted by Crippen LogP contribution is -2.33. The Hall–Kier alpha value is -3.36. The van der Waals surface area contributed by atoms with E-state index in [2.05, 4.69) is 10.1 Å². The van der Waals surface area contributed by atoms with Crippen molar-refractivity contribution in [1.82, 2.24) is 14.8 Å². The number of hydrogen-bond donors (Lipinski definition) is 0. The lowest BCUT2D eigenvalue weighted by Gasteiger charge is -2.18. The van der Waals surface area contributed by atoms with E-state index in [-0.39, 0.29) is 11.7 Å². The van der Waals surface area contributed by atoms with Gasteiger partial charge in [-0.05, 0) is 37.3 Å². The van der Waals surface area contributed by atoms with Crippen LogP contribution in [-0.4, -0.2) is 33.8 Å². The molecule has 0 saturated heterocycles. The molecule has 32 heavy (non-hydrogen) atoms. The minimum Gasteiger partial charge on any atom is -0.490 e. The molecule has 0 aliphatic carbocycles. The maximum absolute atomic E-state index is 13.6. The summed E-state index contributed by atoms with van der Waals surface area (Å²) in [6.07, 6.45) is 3.56. The summed E-state index contributed by atoms with van der Waals surface area (Å²) >= 11 is 7.74. The number of benzene rings is 2. The molecular formula is C23H19ClN4O3S. The molecule has 0 atom stereocenters. The zero-order valence-corrected chi connectivity index (χ0v) is 18.8. The average molecular weight is 467 g/mol. The fraction of sp³-hybridized carbons (Fsp3) is 0.174. The second-order valence-corrected chi connectivity index (χ2v) is 8.44. The summed E-state index contributed by atoms with van der Waals surface area (Å²) in [7, 11) is 0. The Bertz CT molecular complexity index is 1390. The number of nitrogens with zero attached hydrogens (tertiary/aromatic N) is 4. The number of carbonyl (C=O) groups excluding carboxylic acids is 1. The molecule has 1 amide bonds. The number of rotatable bonds is 7. The highest BCUT2D eigenvalue weighted by Crippen LogP contribution is 2.35. The van der Waals surface area contributed by atoms with Crippen molar-refractivity contribution in [2.24, 2.45) is 0 Å². The fourth-order valence-electron chi connectivity index (χ4n) is 3.48. The number of furan rings is 1. The first kappa shape index (κ1) is 20.5. The summed E-state index contributed by atoms with van der Waals surface area (Å²) in [5.74, 6) is 0.544. The Balaban J connectivity index is 1.54. The van der Waals surface area contributed by atoms with Crippen LogP contribution < -0.4 is 9.64 Å². The van der Waals surface area contributed by atoms with Crippen LogP contribution in [0.15, 0.2) is 65.3 Å². The molecule has 0 unspecified atom stereocenters. The van der Waals surface area contributed by atoms with E-state index in [4.69, 9.17) is 20.8 Å². The lowest BCUT2D eigenvalue weighted by molar-refractivity contribution is 0.0961. The molecule has 2 aromatic carbocycles. The van der Waals surface area contributed by atoms with Gasteiger partial charge in [0.15, 0.2) is 22.2 Å². The zero-order chi connectivity index (χ0) is 22.1. The standard InChI is InChI=1S/C23H19ClN4O3S/c1-2-30-17-8-3-6-15-14-18(31-21(15)17)22(29)28(13-12-27-11-5-10-25-27)23-26-20-16(24)7-4-9-19(20)32-23/h3-11,14H,2,12-13H2,1H3. The van der Waals surface area contributed by atoms with Gasteiger partial charge in [-0.3, -0.25) is 14.4 Å². The summed E-state index contributed by atoms with van der Waals surface area (Å²) < 4.78 is 14.3. The van der Waals surface area contributed by atoms with Crippen LogP contribution in [-0.2, 0) is 6.54 Å². The highest BCUT2D eigenvalue weighted by molar-refractivity contribution is 7.22. The molecule has 162 valence electrons. The van der Waals surface area contributed by atoms with Gasteiger partial charge >= 0.3 is 0 Å². The molecule has 7 nitrogen and oxygen atoms in total. The molecular weight excluding hydrogens is 448 g/mol. The fourth-order valence-corrected chi connectivity index (χ4v) is 4.77. The Morgan fingerprint density at radius 1 is 1.25 bits per heavy atom. The van der Waals surface area contributed by atoms with E-state index in [0.717, 1.165) is 10.1 Å². The van der Waals surface area contributed by atoms with Crippen molar-refractivity contribution in [2.45, 2.75) is 13.5 Å². The molecule has 0 spiro atoms. The largest absolute Gasteiger partial charge is 0.490 e. The third kappa shape index (κ3) is 3.83. The van der Waals surface area contributed by atoms with Gasteiger partial charge in [0.1, 0.15) is 5.52 Å². The zero-order valence-electron chi connectivity index (χ0n) is 17.2. The molecule has 0 radical (unpaired) electrons. The molecule has 0 aliphatic rings. The normalized spacial score (nSPS) is 11.3. The highest BCUT2D eigenvalue weighted by Gasteiger charge is 2.25. The Kier molecular flexibility index (Phi) is 5.55. The van der Waals surface area contributed by atoms with Crippen molar-refractivity contribution in [3.63, 3.8) is 0 Å². The quantitative estimate of drug-likeness (QED) is 0.310. The van der Waals surface area contributed by atoms with Crippen molar-refractivity contribution in [3.8, 4) is 5.75 Å². The molecule has 0 aliphatic heterocycles. The number of para-hydroxylation sites is 2. The second-order valence-electron chi connectivity index (χ2n) is 7.03. The summed E-state index contributed by atoms with van der Waals surface area (Å²) in [5.41, 5.74) is 1.23. The Morgan fingerprint density at radius 2 is 2.12 bits per heavy atom. The number of carbonyl (C=O) groups is 1. The van der Waals surface area contributed by atoms with E-state index >= 15 is 0 Å².